The molecule has 0 bridgehead atoms. The molecule has 0 aromatic heterocycles. The van der Waals surface area contributed by atoms with Gasteiger partial charge in [0.15, 0.2) is 0 Å². The Bertz CT molecular complexity index is 966. The molecule has 0 spiro atoms. The third-order valence-corrected chi connectivity index (χ3v) is 5.03. The molecule has 0 heterocycles. The number of carbonyl (C=O) groups is 6. The third-order valence-electron chi connectivity index (χ3n) is 5.03. The number of phenols is 1. The van der Waals surface area contributed by atoms with Crippen molar-refractivity contribution < 1.29 is 39.0 Å². The van der Waals surface area contributed by atoms with Gasteiger partial charge in [-0.15, -0.1) is 0 Å². The van der Waals surface area contributed by atoms with Gasteiger partial charge in [-0.2, -0.15) is 0 Å². The minimum absolute atomic E-state index is 0.0223. The van der Waals surface area contributed by atoms with Gasteiger partial charge in [0, 0.05) is 19.3 Å². The second kappa shape index (κ2) is 14.3. The molecular weight excluding hydrogens is 476 g/mol. The molecule has 198 valence electrons. The molecule has 5 amide bonds. The summed E-state index contributed by atoms with van der Waals surface area (Å²) < 4.78 is 0. The maximum Gasteiger partial charge on any atom is 0.326 e. The number of aliphatic carboxylic acids is 1. The normalized spacial score (nSPS) is 13.9. The molecule has 14 heteroatoms. The molecule has 1 rings (SSSR count). The summed E-state index contributed by atoms with van der Waals surface area (Å²) in [6.45, 7) is 1.38. The molecule has 11 N–H and O–H groups in total. The lowest BCUT2D eigenvalue weighted by Gasteiger charge is -2.24. The lowest BCUT2D eigenvalue weighted by molar-refractivity contribution is -0.142. The van der Waals surface area contributed by atoms with Crippen LogP contribution in [0.25, 0.3) is 0 Å². The van der Waals surface area contributed by atoms with Crippen LogP contribution in [0, 0.1) is 0 Å². The van der Waals surface area contributed by atoms with Gasteiger partial charge in [-0.1, -0.05) is 12.1 Å². The summed E-state index contributed by atoms with van der Waals surface area (Å²) in [5.41, 5.74) is 16.3. The van der Waals surface area contributed by atoms with Crippen LogP contribution in [0.1, 0.15) is 38.2 Å². The summed E-state index contributed by atoms with van der Waals surface area (Å²) in [7, 11) is 0. The van der Waals surface area contributed by atoms with E-state index in [4.69, 9.17) is 17.2 Å². The molecule has 0 radical (unpaired) electrons. The molecule has 14 nitrogen and oxygen atoms in total. The van der Waals surface area contributed by atoms with Crippen LogP contribution in [0.3, 0.4) is 0 Å². The number of hydrogen-bond acceptors (Lipinski definition) is 8. The first-order valence-electron chi connectivity index (χ1n) is 11.0. The Morgan fingerprint density at radius 2 is 1.19 bits per heavy atom. The Labute approximate surface area is 206 Å². The number of carboxylic acid groups (broad SMARTS) is 1. The number of phenolic OH excluding ortho intramolecular Hbond substituents is 1. The van der Waals surface area contributed by atoms with Gasteiger partial charge in [0.05, 0.1) is 6.04 Å². The van der Waals surface area contributed by atoms with E-state index >= 15 is 0 Å². The average molecular weight is 509 g/mol. The van der Waals surface area contributed by atoms with E-state index in [-0.39, 0.29) is 37.9 Å². The molecule has 0 aliphatic carbocycles. The standard InChI is InChI=1S/C22H32N6O8/c1-11(23)19(32)26-14(6-8-17(24)30)20(33)27-15(7-9-18(25)31)21(34)28-16(22(35)36)10-12-2-4-13(29)5-3-12/h2-5,11,14-16,29H,6-10,23H2,1H3,(H2,24,30)(H2,25,31)(H,26,32)(H,27,33)(H,28,34)(H,35,36). The van der Waals surface area contributed by atoms with E-state index in [9.17, 15) is 39.0 Å². The highest BCUT2D eigenvalue weighted by Gasteiger charge is 2.30. The lowest BCUT2D eigenvalue weighted by atomic mass is 10.0. The second-order valence-corrected chi connectivity index (χ2v) is 8.19. The van der Waals surface area contributed by atoms with Crippen molar-refractivity contribution in [1.29, 1.82) is 0 Å². The van der Waals surface area contributed by atoms with Crippen LogP contribution in [0.2, 0.25) is 0 Å². The highest BCUT2D eigenvalue weighted by Crippen LogP contribution is 2.12. The highest BCUT2D eigenvalue weighted by molar-refractivity contribution is 5.94. The number of rotatable bonds is 15. The number of nitrogens with two attached hydrogens (primary N) is 3. The van der Waals surface area contributed by atoms with E-state index in [1.807, 2.05) is 0 Å². The highest BCUT2D eigenvalue weighted by atomic mass is 16.4. The fourth-order valence-electron chi connectivity index (χ4n) is 3.03. The smallest absolute Gasteiger partial charge is 0.326 e. The number of primary amides is 2. The van der Waals surface area contributed by atoms with Crippen molar-refractivity contribution >= 4 is 35.5 Å². The van der Waals surface area contributed by atoms with E-state index in [1.165, 1.54) is 31.2 Å². The van der Waals surface area contributed by atoms with Gasteiger partial charge >= 0.3 is 5.97 Å². The largest absolute Gasteiger partial charge is 0.508 e. The Morgan fingerprint density at radius 1 is 0.778 bits per heavy atom. The van der Waals surface area contributed by atoms with Crippen LogP contribution < -0.4 is 33.2 Å². The summed E-state index contributed by atoms with van der Waals surface area (Å²) in [5.74, 6) is -5.37. The maximum absolute atomic E-state index is 12.9. The van der Waals surface area contributed by atoms with Crippen LogP contribution >= 0.6 is 0 Å². The second-order valence-electron chi connectivity index (χ2n) is 8.19. The topological polar surface area (TPSA) is 257 Å². The number of carboxylic acids is 1. The minimum atomic E-state index is -1.40. The first-order valence-corrected chi connectivity index (χ1v) is 11.0. The minimum Gasteiger partial charge on any atom is -0.508 e. The van der Waals surface area contributed by atoms with Crippen LogP contribution in [-0.4, -0.2) is 69.9 Å². The zero-order chi connectivity index (χ0) is 27.4. The van der Waals surface area contributed by atoms with Gasteiger partial charge in [-0.25, -0.2) is 4.79 Å². The zero-order valence-corrected chi connectivity index (χ0v) is 19.7. The summed E-state index contributed by atoms with van der Waals surface area (Å²) in [6.07, 6.45) is -1.16. The SMILES string of the molecule is CC(N)C(=O)NC(CCC(N)=O)C(=O)NC(CCC(N)=O)C(=O)NC(Cc1ccc(O)cc1)C(=O)O. The van der Waals surface area contributed by atoms with E-state index in [0.717, 1.165) is 0 Å². The number of carbonyl (C=O) groups excluding carboxylic acids is 5. The van der Waals surface area contributed by atoms with Crippen LogP contribution in [0.4, 0.5) is 0 Å². The Balaban J connectivity index is 3.05. The van der Waals surface area contributed by atoms with Crippen molar-refractivity contribution in [2.75, 3.05) is 0 Å². The number of amides is 5. The van der Waals surface area contributed by atoms with E-state index in [0.29, 0.717) is 5.56 Å². The van der Waals surface area contributed by atoms with Crippen molar-refractivity contribution in [3.8, 4) is 5.75 Å². The van der Waals surface area contributed by atoms with Gasteiger partial charge in [-0.05, 0) is 37.5 Å². The third kappa shape index (κ3) is 10.8. The van der Waals surface area contributed by atoms with Crippen LogP contribution in [-0.2, 0) is 35.2 Å². The first kappa shape index (κ1) is 29.8. The van der Waals surface area contributed by atoms with Crippen LogP contribution in [0.5, 0.6) is 5.75 Å². The fraction of sp³-hybridized carbons (Fsp3) is 0.455. The number of hydrogen-bond donors (Lipinski definition) is 8. The predicted octanol–water partition coefficient (Wildman–Crippen LogP) is -2.65. The summed E-state index contributed by atoms with van der Waals surface area (Å²) in [4.78, 5) is 72.0. The Hall–Kier alpha value is -4.20. The summed E-state index contributed by atoms with van der Waals surface area (Å²) in [5, 5.41) is 26.0. The van der Waals surface area contributed by atoms with E-state index < -0.39 is 59.7 Å². The maximum atomic E-state index is 12.9. The molecule has 0 aliphatic heterocycles. The zero-order valence-electron chi connectivity index (χ0n) is 19.7. The van der Waals surface area contributed by atoms with Gasteiger partial charge in [-0.3, -0.25) is 24.0 Å². The van der Waals surface area contributed by atoms with Crippen molar-refractivity contribution in [3.05, 3.63) is 29.8 Å². The fourth-order valence-corrected chi connectivity index (χ4v) is 3.03. The molecule has 0 saturated heterocycles. The van der Waals surface area contributed by atoms with Crippen molar-refractivity contribution in [3.63, 3.8) is 0 Å². The molecule has 0 saturated carbocycles. The summed E-state index contributed by atoms with van der Waals surface area (Å²) >= 11 is 0. The van der Waals surface area contributed by atoms with Gasteiger partial charge in [0.2, 0.25) is 29.5 Å². The first-order chi connectivity index (χ1) is 16.8. The molecule has 0 fully saturated rings. The monoisotopic (exact) mass is 508 g/mol. The molecular formula is C22H32N6O8. The van der Waals surface area contributed by atoms with Gasteiger partial charge in [0.25, 0.3) is 0 Å². The molecule has 0 aliphatic rings. The summed E-state index contributed by atoms with van der Waals surface area (Å²) in [6, 6.07) is 0.617. The average Bonchev–Trinajstić information content (AvgIpc) is 2.79. The number of aromatic hydroxyl groups is 1. The van der Waals surface area contributed by atoms with Gasteiger partial charge < -0.3 is 43.4 Å². The number of nitrogens with one attached hydrogen (secondary N) is 3. The van der Waals surface area contributed by atoms with E-state index in [1.54, 1.807) is 0 Å². The van der Waals surface area contributed by atoms with Crippen molar-refractivity contribution in [2.24, 2.45) is 17.2 Å². The lowest BCUT2D eigenvalue weighted by Crippen LogP contribution is -2.57. The number of benzene rings is 1. The Morgan fingerprint density at radius 3 is 1.58 bits per heavy atom. The molecule has 4 unspecified atom stereocenters. The molecule has 1 aromatic carbocycles. The quantitative estimate of drug-likeness (QED) is 0.123. The predicted molar refractivity (Wildman–Crippen MR) is 126 cm³/mol. The van der Waals surface area contributed by atoms with Crippen molar-refractivity contribution in [1.82, 2.24) is 16.0 Å². The molecule has 4 atom stereocenters. The van der Waals surface area contributed by atoms with Crippen molar-refractivity contribution in [2.45, 2.75) is 63.2 Å². The van der Waals surface area contributed by atoms with E-state index in [2.05, 4.69) is 16.0 Å². The van der Waals surface area contributed by atoms with Crippen LogP contribution in [0.15, 0.2) is 24.3 Å². The molecule has 1 aromatic rings. The Kier molecular flexibility index (Phi) is 11.8. The van der Waals surface area contributed by atoms with Gasteiger partial charge in [0.1, 0.15) is 23.9 Å². The molecule has 36 heavy (non-hydrogen) atoms.